The number of halogens is 1. The molecule has 0 aliphatic rings. The van der Waals surface area contributed by atoms with Crippen molar-refractivity contribution in [1.82, 2.24) is 14.7 Å². The summed E-state index contributed by atoms with van der Waals surface area (Å²) in [5.74, 6) is -0.402. The Morgan fingerprint density at radius 3 is 2.64 bits per heavy atom. The average molecular weight is 374 g/mol. The minimum Gasteiger partial charge on any atom is -0.335 e. The molecule has 128 valence electrons. The second-order valence-corrected chi connectivity index (χ2v) is 7.10. The van der Waals surface area contributed by atoms with Crippen molar-refractivity contribution < 1.29 is 4.79 Å². The summed E-state index contributed by atoms with van der Waals surface area (Å²) in [6.07, 6.45) is 0. The first-order chi connectivity index (χ1) is 12.0. The van der Waals surface area contributed by atoms with Crippen LogP contribution in [-0.4, -0.2) is 27.6 Å². The van der Waals surface area contributed by atoms with Gasteiger partial charge in [-0.25, -0.2) is 4.68 Å². The van der Waals surface area contributed by atoms with E-state index in [4.69, 9.17) is 11.6 Å². The van der Waals surface area contributed by atoms with E-state index in [1.807, 2.05) is 17.5 Å². The first kappa shape index (κ1) is 17.4. The standard InChI is InChI=1S/C18H16ClN3O2S/c1-12-10-16(23)17(18(24)21(2)11-15-4-3-9-25-15)20-22(12)14-7-5-13(19)6-8-14/h3-10H,11H2,1-2H3. The highest BCUT2D eigenvalue weighted by atomic mass is 35.5. The molecule has 3 aromatic rings. The summed E-state index contributed by atoms with van der Waals surface area (Å²) in [6, 6.07) is 12.3. The van der Waals surface area contributed by atoms with E-state index in [9.17, 15) is 9.59 Å². The maximum atomic E-state index is 12.7. The molecule has 0 unspecified atom stereocenters. The Labute approximate surface area is 154 Å². The maximum Gasteiger partial charge on any atom is 0.278 e. The molecule has 0 N–H and O–H groups in total. The first-order valence-electron chi connectivity index (χ1n) is 7.60. The van der Waals surface area contributed by atoms with Crippen molar-refractivity contribution >= 4 is 28.8 Å². The van der Waals surface area contributed by atoms with Crippen LogP contribution in [0, 0.1) is 6.92 Å². The molecule has 2 aromatic heterocycles. The van der Waals surface area contributed by atoms with Gasteiger partial charge in [-0.05, 0) is 42.6 Å². The molecule has 7 heteroatoms. The Bertz CT molecular complexity index is 949. The predicted octanol–water partition coefficient (Wildman–Crippen LogP) is 3.53. The van der Waals surface area contributed by atoms with E-state index < -0.39 is 5.91 Å². The van der Waals surface area contributed by atoms with Crippen LogP contribution in [0.3, 0.4) is 0 Å². The van der Waals surface area contributed by atoms with Crippen LogP contribution in [0.15, 0.2) is 52.6 Å². The van der Waals surface area contributed by atoms with Gasteiger partial charge >= 0.3 is 0 Å². The van der Waals surface area contributed by atoms with Gasteiger partial charge in [-0.15, -0.1) is 11.3 Å². The van der Waals surface area contributed by atoms with Crippen molar-refractivity contribution in [3.63, 3.8) is 0 Å². The quantitative estimate of drug-likeness (QED) is 0.703. The van der Waals surface area contributed by atoms with E-state index in [-0.39, 0.29) is 11.1 Å². The van der Waals surface area contributed by atoms with Crippen LogP contribution in [0.4, 0.5) is 0 Å². The molecule has 0 spiro atoms. The van der Waals surface area contributed by atoms with Crippen molar-refractivity contribution in [2.45, 2.75) is 13.5 Å². The van der Waals surface area contributed by atoms with E-state index in [0.29, 0.717) is 17.3 Å². The summed E-state index contributed by atoms with van der Waals surface area (Å²) >= 11 is 7.48. The number of carbonyl (C=O) groups is 1. The highest BCUT2D eigenvalue weighted by Gasteiger charge is 2.19. The lowest BCUT2D eigenvalue weighted by molar-refractivity contribution is 0.0777. The minimum atomic E-state index is -0.402. The first-order valence-corrected chi connectivity index (χ1v) is 8.86. The fraction of sp³-hybridized carbons (Fsp3) is 0.167. The van der Waals surface area contributed by atoms with Gasteiger partial charge in [-0.2, -0.15) is 5.10 Å². The Morgan fingerprint density at radius 1 is 1.28 bits per heavy atom. The van der Waals surface area contributed by atoms with Gasteiger partial charge in [-0.1, -0.05) is 17.7 Å². The van der Waals surface area contributed by atoms with E-state index in [0.717, 1.165) is 10.6 Å². The monoisotopic (exact) mass is 373 g/mol. The van der Waals surface area contributed by atoms with Gasteiger partial charge in [0.15, 0.2) is 5.69 Å². The van der Waals surface area contributed by atoms with Gasteiger partial charge in [0, 0.05) is 28.7 Å². The number of rotatable bonds is 4. The van der Waals surface area contributed by atoms with Crippen molar-refractivity contribution in [1.29, 1.82) is 0 Å². The second-order valence-electron chi connectivity index (χ2n) is 5.63. The molecule has 3 rings (SSSR count). The van der Waals surface area contributed by atoms with Crippen molar-refractivity contribution in [2.24, 2.45) is 0 Å². The highest BCUT2D eigenvalue weighted by molar-refractivity contribution is 7.09. The molecule has 5 nitrogen and oxygen atoms in total. The molecule has 1 amide bonds. The van der Waals surface area contributed by atoms with Crippen molar-refractivity contribution in [3.8, 4) is 5.69 Å². The summed E-state index contributed by atoms with van der Waals surface area (Å²) in [4.78, 5) is 27.5. The number of carbonyl (C=O) groups excluding carboxylic acids is 1. The van der Waals surface area contributed by atoms with Gasteiger partial charge in [0.1, 0.15) is 0 Å². The van der Waals surface area contributed by atoms with Gasteiger partial charge in [0.25, 0.3) is 5.91 Å². The molecule has 0 saturated heterocycles. The van der Waals surface area contributed by atoms with E-state index >= 15 is 0 Å². The zero-order chi connectivity index (χ0) is 18.0. The lowest BCUT2D eigenvalue weighted by Gasteiger charge is -2.17. The molecule has 2 heterocycles. The average Bonchev–Trinajstić information content (AvgIpc) is 3.08. The number of aromatic nitrogens is 2. The summed E-state index contributed by atoms with van der Waals surface area (Å²) in [7, 11) is 1.66. The van der Waals surface area contributed by atoms with Crippen molar-refractivity contribution in [2.75, 3.05) is 7.05 Å². The summed E-state index contributed by atoms with van der Waals surface area (Å²) in [5.41, 5.74) is 0.895. The van der Waals surface area contributed by atoms with Gasteiger partial charge in [-0.3, -0.25) is 9.59 Å². The zero-order valence-electron chi connectivity index (χ0n) is 13.8. The fourth-order valence-corrected chi connectivity index (χ4v) is 3.31. The summed E-state index contributed by atoms with van der Waals surface area (Å²) in [5, 5.41) is 6.85. The third-order valence-electron chi connectivity index (χ3n) is 3.70. The molecule has 0 radical (unpaired) electrons. The Morgan fingerprint density at radius 2 is 2.00 bits per heavy atom. The molecular formula is C18H16ClN3O2S. The van der Waals surface area contributed by atoms with E-state index in [2.05, 4.69) is 5.10 Å². The Hall–Kier alpha value is -2.44. The number of hydrogen-bond acceptors (Lipinski definition) is 4. The van der Waals surface area contributed by atoms with Crippen LogP contribution in [-0.2, 0) is 6.54 Å². The second kappa shape index (κ2) is 7.21. The Balaban J connectivity index is 1.95. The molecule has 0 aliphatic heterocycles. The number of hydrogen-bond donors (Lipinski definition) is 0. The molecule has 1 aromatic carbocycles. The van der Waals surface area contributed by atoms with Gasteiger partial charge < -0.3 is 4.90 Å². The van der Waals surface area contributed by atoms with Gasteiger partial charge in [0.05, 0.1) is 12.2 Å². The smallest absolute Gasteiger partial charge is 0.278 e. The van der Waals surface area contributed by atoms with Crippen LogP contribution in [0.5, 0.6) is 0 Å². The normalized spacial score (nSPS) is 10.7. The maximum absolute atomic E-state index is 12.7. The third-order valence-corrected chi connectivity index (χ3v) is 4.81. The Kier molecular flexibility index (Phi) is 5.01. The zero-order valence-corrected chi connectivity index (χ0v) is 15.3. The van der Waals surface area contributed by atoms with Crippen LogP contribution in [0.2, 0.25) is 5.02 Å². The molecule has 0 atom stereocenters. The SMILES string of the molecule is Cc1cc(=O)c(C(=O)N(C)Cc2cccs2)nn1-c1ccc(Cl)cc1. The van der Waals surface area contributed by atoms with E-state index in [1.54, 1.807) is 54.3 Å². The van der Waals surface area contributed by atoms with Crippen LogP contribution in [0.25, 0.3) is 5.69 Å². The molecule has 0 saturated carbocycles. The summed E-state index contributed by atoms with van der Waals surface area (Å²) < 4.78 is 1.57. The number of aryl methyl sites for hydroxylation is 1. The van der Waals surface area contributed by atoms with E-state index in [1.165, 1.54) is 11.0 Å². The molecule has 0 bridgehead atoms. The minimum absolute atomic E-state index is 0.0976. The topological polar surface area (TPSA) is 55.2 Å². The molecule has 0 aliphatic carbocycles. The number of amides is 1. The van der Waals surface area contributed by atoms with Gasteiger partial charge in [0.2, 0.25) is 5.43 Å². The third kappa shape index (κ3) is 3.81. The molecule has 25 heavy (non-hydrogen) atoms. The molecular weight excluding hydrogens is 358 g/mol. The fourth-order valence-electron chi connectivity index (χ4n) is 2.43. The number of benzene rings is 1. The van der Waals surface area contributed by atoms with Crippen LogP contribution in [0.1, 0.15) is 21.1 Å². The van der Waals surface area contributed by atoms with Crippen LogP contribution < -0.4 is 5.43 Å². The highest BCUT2D eigenvalue weighted by Crippen LogP contribution is 2.15. The lowest BCUT2D eigenvalue weighted by Crippen LogP contribution is -2.33. The number of nitrogens with zero attached hydrogens (tertiary/aromatic N) is 3. The lowest BCUT2D eigenvalue weighted by atomic mass is 10.2. The number of thiophene rings is 1. The molecule has 0 fully saturated rings. The van der Waals surface area contributed by atoms with Crippen molar-refractivity contribution in [3.05, 3.63) is 79.4 Å². The summed E-state index contributed by atoms with van der Waals surface area (Å²) in [6.45, 7) is 2.21. The predicted molar refractivity (Wildman–Crippen MR) is 99.7 cm³/mol. The largest absolute Gasteiger partial charge is 0.335 e. The van der Waals surface area contributed by atoms with Crippen LogP contribution >= 0.6 is 22.9 Å².